The molecule has 3 nitrogen and oxygen atoms in total. The van der Waals surface area contributed by atoms with E-state index in [1.54, 1.807) is 0 Å². The molecular weight excluding hydrogens is 288 g/mol. The van der Waals surface area contributed by atoms with Crippen LogP contribution < -0.4 is 14.2 Å². The summed E-state index contributed by atoms with van der Waals surface area (Å²) in [4.78, 5) is 0. The Kier molecular flexibility index (Phi) is 9.79. The molecular formula is C20H30O3. The maximum absolute atomic E-state index is 6.01. The summed E-state index contributed by atoms with van der Waals surface area (Å²) in [6.45, 7) is 10.2. The second kappa shape index (κ2) is 11.7. The normalized spacial score (nSPS) is 9.91. The molecule has 1 aromatic rings. The summed E-state index contributed by atoms with van der Waals surface area (Å²) in [7, 11) is 0. The van der Waals surface area contributed by atoms with E-state index in [9.17, 15) is 0 Å². The Morgan fingerprint density at radius 3 is 2.04 bits per heavy atom. The molecule has 0 aliphatic carbocycles. The van der Waals surface area contributed by atoms with Gasteiger partial charge in [0.05, 0.1) is 19.8 Å². The minimum absolute atomic E-state index is 0.656. The minimum atomic E-state index is 0.656. The quantitative estimate of drug-likeness (QED) is 0.537. The van der Waals surface area contributed by atoms with E-state index in [4.69, 9.17) is 14.2 Å². The van der Waals surface area contributed by atoms with Gasteiger partial charge in [0.15, 0.2) is 11.5 Å². The zero-order valence-corrected chi connectivity index (χ0v) is 15.0. The molecule has 0 saturated carbocycles. The number of rotatable bonds is 11. The van der Waals surface area contributed by atoms with Crippen LogP contribution in [0.4, 0.5) is 0 Å². The molecule has 1 aromatic carbocycles. The molecule has 0 radical (unpaired) electrons. The molecule has 0 fully saturated rings. The molecule has 0 aliphatic heterocycles. The summed E-state index contributed by atoms with van der Waals surface area (Å²) in [5.41, 5.74) is 1.14. The van der Waals surface area contributed by atoms with Crippen molar-refractivity contribution in [3.63, 3.8) is 0 Å². The number of benzene rings is 1. The van der Waals surface area contributed by atoms with Gasteiger partial charge in [-0.15, -0.1) is 11.8 Å². The van der Waals surface area contributed by atoms with E-state index in [0.717, 1.165) is 54.9 Å². The maximum Gasteiger partial charge on any atom is 0.203 e. The van der Waals surface area contributed by atoms with Crippen molar-refractivity contribution in [3.8, 4) is 29.1 Å². The molecule has 0 heterocycles. The molecule has 0 unspecified atom stereocenters. The van der Waals surface area contributed by atoms with E-state index in [-0.39, 0.29) is 0 Å². The summed E-state index contributed by atoms with van der Waals surface area (Å²) in [6.07, 6.45) is 4.55. The molecule has 0 aromatic heterocycles. The van der Waals surface area contributed by atoms with E-state index in [0.29, 0.717) is 19.8 Å². The third-order valence-corrected chi connectivity index (χ3v) is 3.22. The van der Waals surface area contributed by atoms with E-state index >= 15 is 0 Å². The third kappa shape index (κ3) is 6.44. The van der Waals surface area contributed by atoms with Crippen molar-refractivity contribution in [2.24, 2.45) is 0 Å². The van der Waals surface area contributed by atoms with Gasteiger partial charge in [0.2, 0.25) is 5.75 Å². The lowest BCUT2D eigenvalue weighted by Gasteiger charge is -2.19. The molecule has 0 aliphatic rings. The van der Waals surface area contributed by atoms with Crippen molar-refractivity contribution < 1.29 is 14.2 Å². The molecule has 23 heavy (non-hydrogen) atoms. The van der Waals surface area contributed by atoms with Gasteiger partial charge in [0.1, 0.15) is 0 Å². The summed E-state index contributed by atoms with van der Waals surface area (Å²) in [6, 6.07) is 4.07. The Morgan fingerprint density at radius 2 is 1.43 bits per heavy atom. The molecule has 0 spiro atoms. The highest BCUT2D eigenvalue weighted by Gasteiger charge is 2.17. The van der Waals surface area contributed by atoms with Crippen molar-refractivity contribution in [3.05, 3.63) is 17.7 Å². The van der Waals surface area contributed by atoms with E-state index in [1.807, 2.05) is 13.0 Å². The van der Waals surface area contributed by atoms with Crippen LogP contribution in [-0.2, 0) is 6.42 Å². The highest BCUT2D eigenvalue weighted by Crippen LogP contribution is 2.41. The first-order chi connectivity index (χ1) is 11.3. The van der Waals surface area contributed by atoms with Gasteiger partial charge < -0.3 is 14.2 Å². The van der Waals surface area contributed by atoms with Crippen LogP contribution in [-0.4, -0.2) is 19.8 Å². The summed E-state index contributed by atoms with van der Waals surface area (Å²) in [5.74, 6) is 8.40. The highest BCUT2D eigenvalue weighted by atomic mass is 16.5. The predicted octanol–water partition coefficient (Wildman–Crippen LogP) is 5.01. The topological polar surface area (TPSA) is 27.7 Å². The predicted molar refractivity (Wildman–Crippen MR) is 95.6 cm³/mol. The lowest BCUT2D eigenvalue weighted by molar-refractivity contribution is 0.241. The second-order valence-electron chi connectivity index (χ2n) is 5.35. The zero-order chi connectivity index (χ0) is 16.9. The first-order valence-corrected chi connectivity index (χ1v) is 8.72. The maximum atomic E-state index is 6.01. The minimum Gasteiger partial charge on any atom is -0.490 e. The Hall–Kier alpha value is -1.82. The second-order valence-corrected chi connectivity index (χ2v) is 5.35. The Morgan fingerprint density at radius 1 is 0.826 bits per heavy atom. The SMILES string of the molecule is CC#CCCc1ccc(OCCC)c(OCCC)c1OCCC. The first kappa shape index (κ1) is 19.2. The number of aryl methyl sites for hydroxylation is 1. The molecule has 1 rings (SSSR count). The smallest absolute Gasteiger partial charge is 0.203 e. The fourth-order valence-electron chi connectivity index (χ4n) is 2.13. The third-order valence-electron chi connectivity index (χ3n) is 3.22. The van der Waals surface area contributed by atoms with Gasteiger partial charge in [-0.1, -0.05) is 26.8 Å². The molecule has 0 N–H and O–H groups in total. The average molecular weight is 318 g/mol. The lowest BCUT2D eigenvalue weighted by Crippen LogP contribution is -2.07. The van der Waals surface area contributed by atoms with Crippen LogP contribution in [0.2, 0.25) is 0 Å². The van der Waals surface area contributed by atoms with E-state index < -0.39 is 0 Å². The van der Waals surface area contributed by atoms with E-state index in [1.165, 1.54) is 0 Å². The Balaban J connectivity index is 3.13. The fourth-order valence-corrected chi connectivity index (χ4v) is 2.13. The molecule has 128 valence electrons. The van der Waals surface area contributed by atoms with Crippen LogP contribution in [0.3, 0.4) is 0 Å². The van der Waals surface area contributed by atoms with Gasteiger partial charge in [0, 0.05) is 6.42 Å². The Labute approximate surface area is 141 Å². The zero-order valence-electron chi connectivity index (χ0n) is 15.0. The van der Waals surface area contributed by atoms with Crippen LogP contribution in [0.25, 0.3) is 0 Å². The van der Waals surface area contributed by atoms with Gasteiger partial charge in [0.25, 0.3) is 0 Å². The van der Waals surface area contributed by atoms with Crippen LogP contribution in [0, 0.1) is 11.8 Å². The molecule has 0 atom stereocenters. The largest absolute Gasteiger partial charge is 0.490 e. The standard InChI is InChI=1S/C20H30O3/c1-5-9-10-11-17-12-13-18(21-14-6-2)20(23-16-8-4)19(17)22-15-7-3/h12-13H,6-8,10-11,14-16H2,1-4H3. The van der Waals surface area contributed by atoms with Crippen LogP contribution in [0.15, 0.2) is 12.1 Å². The molecule has 0 bridgehead atoms. The summed E-state index contributed by atoms with van der Waals surface area (Å²) in [5, 5.41) is 0. The lowest BCUT2D eigenvalue weighted by atomic mass is 10.1. The molecule has 0 saturated heterocycles. The Bertz CT molecular complexity index is 512. The van der Waals surface area contributed by atoms with Gasteiger partial charge in [-0.25, -0.2) is 0 Å². The van der Waals surface area contributed by atoms with Gasteiger partial charge in [-0.2, -0.15) is 0 Å². The van der Waals surface area contributed by atoms with Crippen LogP contribution >= 0.6 is 0 Å². The van der Waals surface area contributed by atoms with Gasteiger partial charge >= 0.3 is 0 Å². The first-order valence-electron chi connectivity index (χ1n) is 8.72. The summed E-state index contributed by atoms with van der Waals surface area (Å²) < 4.78 is 17.8. The van der Waals surface area contributed by atoms with E-state index in [2.05, 4.69) is 38.7 Å². The average Bonchev–Trinajstić information content (AvgIpc) is 2.57. The van der Waals surface area contributed by atoms with Crippen LogP contribution in [0.5, 0.6) is 17.2 Å². The molecule has 0 amide bonds. The molecule has 3 heteroatoms. The van der Waals surface area contributed by atoms with Crippen molar-refractivity contribution in [2.75, 3.05) is 19.8 Å². The number of hydrogen-bond acceptors (Lipinski definition) is 3. The summed E-state index contributed by atoms with van der Waals surface area (Å²) >= 11 is 0. The van der Waals surface area contributed by atoms with Crippen molar-refractivity contribution >= 4 is 0 Å². The van der Waals surface area contributed by atoms with Gasteiger partial charge in [-0.05, 0) is 44.2 Å². The number of hydrogen-bond donors (Lipinski definition) is 0. The van der Waals surface area contributed by atoms with Gasteiger partial charge in [-0.3, -0.25) is 0 Å². The highest BCUT2D eigenvalue weighted by molar-refractivity contribution is 5.56. The van der Waals surface area contributed by atoms with Crippen molar-refractivity contribution in [2.45, 2.75) is 59.8 Å². The van der Waals surface area contributed by atoms with Crippen molar-refractivity contribution in [1.82, 2.24) is 0 Å². The number of ether oxygens (including phenoxy) is 3. The van der Waals surface area contributed by atoms with Crippen molar-refractivity contribution in [1.29, 1.82) is 0 Å². The van der Waals surface area contributed by atoms with Crippen LogP contribution in [0.1, 0.15) is 58.9 Å². The monoisotopic (exact) mass is 318 g/mol. The fraction of sp³-hybridized carbons (Fsp3) is 0.600.